The highest BCUT2D eigenvalue weighted by Crippen LogP contribution is 2.28. The van der Waals surface area contributed by atoms with E-state index in [1.165, 1.54) is 6.92 Å². The van der Waals surface area contributed by atoms with Gasteiger partial charge in [0.05, 0.1) is 34.0 Å². The van der Waals surface area contributed by atoms with Crippen LogP contribution in [0.4, 0.5) is 0 Å². The van der Waals surface area contributed by atoms with Gasteiger partial charge in [-0.2, -0.15) is 0 Å². The molecule has 1 unspecified atom stereocenters. The van der Waals surface area contributed by atoms with E-state index >= 15 is 0 Å². The summed E-state index contributed by atoms with van der Waals surface area (Å²) in [6.07, 6.45) is -3.80. The van der Waals surface area contributed by atoms with Crippen LogP contribution in [0.3, 0.4) is 0 Å². The molecule has 0 amide bonds. The Morgan fingerprint density at radius 2 is 2.04 bits per heavy atom. The predicted molar refractivity (Wildman–Crippen MR) is 99.8 cm³/mol. The van der Waals surface area contributed by atoms with Gasteiger partial charge in [0.1, 0.15) is 12.4 Å². The zero-order valence-electron chi connectivity index (χ0n) is 26.1. The van der Waals surface area contributed by atoms with Crippen molar-refractivity contribution < 1.29 is 35.8 Å². The summed E-state index contributed by atoms with van der Waals surface area (Å²) in [5, 5.41) is 10.3. The second-order valence-electron chi connectivity index (χ2n) is 5.20. The van der Waals surface area contributed by atoms with Gasteiger partial charge in [-0.05, 0) is 61.4 Å². The molecule has 0 aliphatic carbocycles. The van der Waals surface area contributed by atoms with Crippen LogP contribution in [0, 0.1) is 6.92 Å². The minimum Gasteiger partial charge on any atom is -0.493 e. The molecule has 25 heavy (non-hydrogen) atoms. The Kier molecular flexibility index (Phi) is 3.36. The highest BCUT2D eigenvalue weighted by atomic mass is 16.5. The molecule has 0 heterocycles. The number of methoxy groups -OCH3 is 2. The molecule has 0 saturated carbocycles. The lowest BCUT2D eigenvalue weighted by atomic mass is 10.0. The van der Waals surface area contributed by atoms with Crippen molar-refractivity contribution in [3.8, 4) is 17.2 Å². The van der Waals surface area contributed by atoms with Gasteiger partial charge in [-0.25, -0.2) is 0 Å². The lowest BCUT2D eigenvalue weighted by Gasteiger charge is -2.13. The second kappa shape index (κ2) is 9.94. The molecule has 0 saturated heterocycles. The SMILES string of the molecule is [2H]c1c([2H])c(C)c([2H])c(OCC(O)CCCC([2H])([2H])c2c([2H])c([2H])c(OC)c(OC([2H])([2H])[2H])c2[2H])c1[2H]. The first-order chi connectivity index (χ1) is 16.9. The van der Waals surface area contributed by atoms with Crippen molar-refractivity contribution in [3.05, 3.63) is 53.4 Å². The zero-order chi connectivity index (χ0) is 28.5. The molecule has 0 spiro atoms. The third-order valence-corrected chi connectivity index (χ3v) is 3.21. The highest BCUT2D eigenvalue weighted by molar-refractivity contribution is 5.42. The van der Waals surface area contributed by atoms with Crippen LogP contribution in [-0.2, 0) is 6.37 Å². The van der Waals surface area contributed by atoms with Gasteiger partial charge in [0.15, 0.2) is 11.5 Å². The third kappa shape index (κ3) is 6.31. The molecule has 2 rings (SSSR count). The molecule has 0 radical (unpaired) electrons. The number of aliphatic hydroxyl groups excluding tert-OH is 1. The maximum absolute atomic E-state index is 10.3. The van der Waals surface area contributed by atoms with E-state index in [4.69, 9.17) is 30.7 Å². The van der Waals surface area contributed by atoms with Crippen LogP contribution in [0.25, 0.3) is 0 Å². The minimum atomic E-state index is -3.01. The van der Waals surface area contributed by atoms with Crippen molar-refractivity contribution >= 4 is 0 Å². The van der Waals surface area contributed by atoms with Crippen molar-refractivity contribution in [1.82, 2.24) is 0 Å². The average Bonchev–Trinajstić information content (AvgIpc) is 2.79. The van der Waals surface area contributed by atoms with Crippen molar-refractivity contribution in [2.24, 2.45) is 0 Å². The molecular weight excluding hydrogens is 316 g/mol. The summed E-state index contributed by atoms with van der Waals surface area (Å²) in [5.41, 5.74) is -0.388. The van der Waals surface area contributed by atoms with E-state index in [-0.39, 0.29) is 49.3 Å². The second-order valence-corrected chi connectivity index (χ2v) is 5.20. The van der Waals surface area contributed by atoms with Gasteiger partial charge in [0.2, 0.25) is 0 Å². The third-order valence-electron chi connectivity index (χ3n) is 3.21. The van der Waals surface area contributed by atoms with Crippen LogP contribution in [0.5, 0.6) is 17.2 Å². The Morgan fingerprint density at radius 1 is 1.16 bits per heavy atom. The summed E-state index contributed by atoms with van der Waals surface area (Å²) >= 11 is 0. The maximum atomic E-state index is 10.3. The van der Waals surface area contributed by atoms with E-state index in [0.717, 1.165) is 7.11 Å². The van der Waals surface area contributed by atoms with Crippen LogP contribution in [0.1, 0.15) is 46.8 Å². The summed E-state index contributed by atoms with van der Waals surface area (Å²) in [6, 6.07) is -3.36. The molecule has 0 aromatic heterocycles. The Labute approximate surface area is 167 Å². The fourth-order valence-electron chi connectivity index (χ4n) is 1.98. The molecule has 0 aliphatic rings. The number of benzene rings is 2. The molecule has 0 fully saturated rings. The summed E-state index contributed by atoms with van der Waals surface area (Å²) in [5.74, 6) is -1.38. The first-order valence-corrected chi connectivity index (χ1v) is 7.69. The van der Waals surface area contributed by atoms with E-state index < -0.39 is 66.8 Å². The maximum Gasteiger partial charge on any atom is 0.160 e. The lowest BCUT2D eigenvalue weighted by Crippen LogP contribution is -2.17. The van der Waals surface area contributed by atoms with Gasteiger partial charge in [0.25, 0.3) is 0 Å². The average molecular weight is 357 g/mol. The topological polar surface area (TPSA) is 47.9 Å². The largest absolute Gasteiger partial charge is 0.493 e. The van der Waals surface area contributed by atoms with Crippen LogP contribution < -0.4 is 14.2 Å². The summed E-state index contributed by atoms with van der Waals surface area (Å²) < 4.78 is 110. The summed E-state index contributed by atoms with van der Waals surface area (Å²) in [6.45, 7) is 1.09. The molecule has 0 aliphatic heterocycles. The Hall–Kier alpha value is -2.20. The monoisotopic (exact) mass is 356 g/mol. The van der Waals surface area contributed by atoms with Gasteiger partial charge in [0, 0.05) is 2.74 Å². The number of aliphatic hydroxyl groups is 1. The first kappa shape index (κ1) is 8.45. The van der Waals surface area contributed by atoms with Gasteiger partial charge in [-0.1, -0.05) is 24.5 Å². The van der Waals surface area contributed by atoms with E-state index in [1.54, 1.807) is 0 Å². The van der Waals surface area contributed by atoms with Crippen molar-refractivity contribution in [1.29, 1.82) is 0 Å². The normalized spacial score (nSPS) is 19.8. The molecular formula is C21H28O4. The number of hydrogen-bond donors (Lipinski definition) is 1. The molecule has 136 valence electrons. The van der Waals surface area contributed by atoms with Gasteiger partial charge in [-0.15, -0.1) is 0 Å². The Bertz CT molecular complexity index is 1120. The smallest absolute Gasteiger partial charge is 0.160 e. The van der Waals surface area contributed by atoms with E-state index in [9.17, 15) is 5.11 Å². The van der Waals surface area contributed by atoms with E-state index in [0.29, 0.717) is 0 Å². The summed E-state index contributed by atoms with van der Waals surface area (Å²) in [7, 11) is -1.90. The zero-order valence-corrected chi connectivity index (χ0v) is 14.1. The summed E-state index contributed by atoms with van der Waals surface area (Å²) in [4.78, 5) is 0. The van der Waals surface area contributed by atoms with Crippen LogP contribution >= 0.6 is 0 Å². The molecule has 2 aromatic carbocycles. The number of hydrogen-bond acceptors (Lipinski definition) is 4. The molecule has 1 N–H and O–H groups in total. The molecule has 4 heteroatoms. The molecule has 2 aromatic rings. The fraction of sp³-hybridized carbons (Fsp3) is 0.429. The molecule has 1 atom stereocenters. The van der Waals surface area contributed by atoms with Gasteiger partial charge in [-0.3, -0.25) is 0 Å². The quantitative estimate of drug-likeness (QED) is 0.694. The van der Waals surface area contributed by atoms with Gasteiger partial charge >= 0.3 is 0 Å². The number of ether oxygens (including phenoxy) is 3. The van der Waals surface area contributed by atoms with E-state index in [2.05, 4.69) is 0 Å². The van der Waals surface area contributed by atoms with Crippen molar-refractivity contribution in [2.45, 2.75) is 38.7 Å². The highest BCUT2D eigenvalue weighted by Gasteiger charge is 2.07. The van der Waals surface area contributed by atoms with Crippen LogP contribution in [0.2, 0.25) is 0 Å². The van der Waals surface area contributed by atoms with Crippen molar-refractivity contribution in [3.63, 3.8) is 0 Å². The van der Waals surface area contributed by atoms with Gasteiger partial charge < -0.3 is 19.3 Å². The van der Waals surface area contributed by atoms with Crippen LogP contribution in [-0.4, -0.2) is 32.0 Å². The molecule has 4 nitrogen and oxygen atoms in total. The van der Waals surface area contributed by atoms with Crippen LogP contribution in [0.15, 0.2) is 42.3 Å². The Morgan fingerprint density at radius 3 is 2.84 bits per heavy atom. The fourth-order valence-corrected chi connectivity index (χ4v) is 1.98. The first-order valence-electron chi connectivity index (χ1n) is 13.7. The van der Waals surface area contributed by atoms with E-state index in [1.807, 2.05) is 0 Å². The molecule has 0 bridgehead atoms. The Balaban J connectivity index is 2.17. The predicted octanol–water partition coefficient (Wildman–Crippen LogP) is 4.16. The van der Waals surface area contributed by atoms with Crippen molar-refractivity contribution in [2.75, 3.05) is 20.8 Å². The minimum absolute atomic E-state index is 0.00734. The standard InChI is InChI=1S/C21H28O4/c1-16-7-6-10-19(13-16)25-15-18(22)9-5-4-8-17-11-12-20(23-2)21(14-17)24-3/h6-7,10-14,18,22H,4-5,8-9,15H2,1-3H3/i3D3,6D,7D,8D2,10D,11D,12D,13D,14D. The number of rotatable bonds is 10. The lowest BCUT2D eigenvalue weighted by molar-refractivity contribution is 0.0976.